The Morgan fingerprint density at radius 2 is 1.56 bits per heavy atom. The molecule has 6 nitrogen and oxygen atoms in total. The number of amides is 1. The van der Waals surface area contributed by atoms with E-state index in [9.17, 15) is 4.79 Å². The first kappa shape index (κ1) is 23.1. The van der Waals surface area contributed by atoms with Crippen LogP contribution >= 0.6 is 0 Å². The van der Waals surface area contributed by atoms with Gasteiger partial charge in [0.2, 0.25) is 0 Å². The van der Waals surface area contributed by atoms with Gasteiger partial charge in [0.05, 0.1) is 21.3 Å². The highest BCUT2D eigenvalue weighted by Gasteiger charge is 2.32. The van der Waals surface area contributed by atoms with Gasteiger partial charge in [0.1, 0.15) is 0 Å². The maximum absolute atomic E-state index is 10.2. The molecule has 0 bridgehead atoms. The molecule has 1 aromatic rings. The Morgan fingerprint density at radius 1 is 1.00 bits per heavy atom. The van der Waals surface area contributed by atoms with Gasteiger partial charge in [-0.05, 0) is 50.9 Å². The van der Waals surface area contributed by atoms with Crippen molar-refractivity contribution in [3.8, 4) is 11.5 Å². The highest BCUT2D eigenvalue weighted by atomic mass is 16.5. The maximum Gasteiger partial charge on any atom is 0.408 e. The summed E-state index contributed by atoms with van der Waals surface area (Å²) in [6, 6.07) is 8.49. The summed E-state index contributed by atoms with van der Waals surface area (Å²) < 4.78 is 14.3. The van der Waals surface area contributed by atoms with E-state index in [0.29, 0.717) is 0 Å². The van der Waals surface area contributed by atoms with Crippen LogP contribution in [-0.4, -0.2) is 71.0 Å². The Hall–Kier alpha value is -1.95. The van der Waals surface area contributed by atoms with Gasteiger partial charge in [-0.2, -0.15) is 0 Å². The lowest BCUT2D eigenvalue weighted by atomic mass is 9.85. The van der Waals surface area contributed by atoms with Gasteiger partial charge in [0.25, 0.3) is 0 Å². The normalized spacial score (nSPS) is 20.8. The lowest BCUT2D eigenvalue weighted by molar-refractivity contribution is 0.141. The summed E-state index contributed by atoms with van der Waals surface area (Å²) in [7, 11) is 10.1. The number of para-hydroxylation sites is 2. The standard InChI is InChI=1S/C9H17N.C8H10O2.C4H9NO2/c1-10-7-6-8-4-2-3-5-9(8)10;1-9-7-5-3-4-6-8(7)10-2;1-5(2)4(6)7-3/h8-9H,2-7H2,1H3;3-6H,1-2H3;1-3H3. The Kier molecular flexibility index (Phi) is 10.6. The topological polar surface area (TPSA) is 51.2 Å². The zero-order valence-electron chi connectivity index (χ0n) is 17.7. The van der Waals surface area contributed by atoms with Gasteiger partial charge < -0.3 is 24.0 Å². The molecule has 2 fully saturated rings. The van der Waals surface area contributed by atoms with Crippen LogP contribution in [0.2, 0.25) is 0 Å². The van der Waals surface area contributed by atoms with Gasteiger partial charge in [-0.3, -0.25) is 0 Å². The Balaban J connectivity index is 0.000000207. The molecular weight excluding hydrogens is 344 g/mol. The van der Waals surface area contributed by atoms with Gasteiger partial charge >= 0.3 is 6.09 Å². The van der Waals surface area contributed by atoms with E-state index in [1.54, 1.807) is 28.3 Å². The molecule has 1 heterocycles. The smallest absolute Gasteiger partial charge is 0.408 e. The first-order valence-electron chi connectivity index (χ1n) is 9.57. The van der Waals surface area contributed by atoms with Crippen molar-refractivity contribution in [3.63, 3.8) is 0 Å². The number of hydrogen-bond acceptors (Lipinski definition) is 5. The van der Waals surface area contributed by atoms with Crippen molar-refractivity contribution in [1.82, 2.24) is 9.80 Å². The predicted molar refractivity (Wildman–Crippen MR) is 109 cm³/mol. The van der Waals surface area contributed by atoms with E-state index in [4.69, 9.17) is 9.47 Å². The minimum absolute atomic E-state index is 0.319. The van der Waals surface area contributed by atoms with Crippen LogP contribution in [-0.2, 0) is 4.74 Å². The summed E-state index contributed by atoms with van der Waals surface area (Å²) >= 11 is 0. The van der Waals surface area contributed by atoms with Crippen LogP contribution in [0.3, 0.4) is 0 Å². The Bertz CT molecular complexity index is 526. The quantitative estimate of drug-likeness (QED) is 0.779. The van der Waals surface area contributed by atoms with E-state index in [0.717, 1.165) is 23.5 Å². The largest absolute Gasteiger partial charge is 0.493 e. The monoisotopic (exact) mass is 380 g/mol. The van der Waals surface area contributed by atoms with E-state index in [-0.39, 0.29) is 6.09 Å². The van der Waals surface area contributed by atoms with E-state index in [1.165, 1.54) is 50.7 Å². The minimum atomic E-state index is -0.319. The lowest BCUT2D eigenvalue weighted by Gasteiger charge is -2.28. The zero-order valence-corrected chi connectivity index (χ0v) is 17.7. The third-order valence-corrected chi connectivity index (χ3v) is 5.12. The third-order valence-electron chi connectivity index (χ3n) is 5.12. The molecule has 6 heteroatoms. The summed E-state index contributed by atoms with van der Waals surface area (Å²) in [6.07, 6.45) is 7.11. The second-order valence-electron chi connectivity index (χ2n) is 7.10. The molecule has 2 unspecified atom stereocenters. The number of carbonyl (C=O) groups is 1. The van der Waals surface area contributed by atoms with E-state index in [1.807, 2.05) is 24.3 Å². The second-order valence-corrected chi connectivity index (χ2v) is 7.10. The van der Waals surface area contributed by atoms with Crippen molar-refractivity contribution in [2.24, 2.45) is 5.92 Å². The molecular formula is C21H36N2O4. The zero-order chi connectivity index (χ0) is 20.2. The van der Waals surface area contributed by atoms with E-state index in [2.05, 4.69) is 16.7 Å². The Labute approximate surface area is 164 Å². The van der Waals surface area contributed by atoms with Crippen LogP contribution in [0.4, 0.5) is 4.79 Å². The SMILES string of the molecule is CN1CCC2CCCCC21.COC(=O)N(C)C.COc1ccccc1OC. The number of likely N-dealkylation sites (tertiary alicyclic amines) is 1. The Morgan fingerprint density at radius 3 is 1.96 bits per heavy atom. The fourth-order valence-corrected chi connectivity index (χ4v) is 3.61. The van der Waals surface area contributed by atoms with Crippen molar-refractivity contribution >= 4 is 6.09 Å². The molecule has 1 amide bonds. The first-order chi connectivity index (χ1) is 12.9. The molecule has 2 atom stereocenters. The number of methoxy groups -OCH3 is 3. The molecule has 1 aliphatic heterocycles. The summed E-state index contributed by atoms with van der Waals surface area (Å²) in [5.41, 5.74) is 0. The van der Waals surface area contributed by atoms with Crippen molar-refractivity contribution in [1.29, 1.82) is 0 Å². The molecule has 1 aliphatic carbocycles. The predicted octanol–water partition coefficient (Wildman–Crippen LogP) is 3.90. The van der Waals surface area contributed by atoms with Crippen molar-refractivity contribution in [2.45, 2.75) is 38.1 Å². The van der Waals surface area contributed by atoms with Crippen LogP contribution in [0, 0.1) is 5.92 Å². The molecule has 27 heavy (non-hydrogen) atoms. The average molecular weight is 381 g/mol. The summed E-state index contributed by atoms with van der Waals surface area (Å²) in [5.74, 6) is 2.61. The number of rotatable bonds is 2. The number of nitrogens with zero attached hydrogens (tertiary/aromatic N) is 2. The summed E-state index contributed by atoms with van der Waals surface area (Å²) in [4.78, 5) is 14.1. The van der Waals surface area contributed by atoms with Crippen LogP contribution in [0.15, 0.2) is 24.3 Å². The molecule has 0 radical (unpaired) electrons. The first-order valence-corrected chi connectivity index (χ1v) is 9.57. The van der Waals surface area contributed by atoms with Gasteiger partial charge in [-0.25, -0.2) is 4.79 Å². The van der Waals surface area contributed by atoms with Gasteiger partial charge in [0.15, 0.2) is 11.5 Å². The molecule has 1 saturated carbocycles. The number of ether oxygens (including phenoxy) is 3. The van der Waals surface area contributed by atoms with Crippen LogP contribution < -0.4 is 9.47 Å². The van der Waals surface area contributed by atoms with Crippen LogP contribution in [0.1, 0.15) is 32.1 Å². The van der Waals surface area contributed by atoms with E-state index < -0.39 is 0 Å². The number of fused-ring (bicyclic) bond motifs is 1. The lowest BCUT2D eigenvalue weighted by Crippen LogP contribution is -2.31. The van der Waals surface area contributed by atoms with Crippen LogP contribution in [0.5, 0.6) is 11.5 Å². The fourth-order valence-electron chi connectivity index (χ4n) is 3.61. The molecule has 2 aliphatic rings. The highest BCUT2D eigenvalue weighted by molar-refractivity contribution is 5.66. The van der Waals surface area contributed by atoms with Gasteiger partial charge in [-0.15, -0.1) is 0 Å². The van der Waals surface area contributed by atoms with Crippen molar-refractivity contribution in [3.05, 3.63) is 24.3 Å². The fraction of sp³-hybridized carbons (Fsp3) is 0.667. The van der Waals surface area contributed by atoms with Crippen molar-refractivity contribution < 1.29 is 19.0 Å². The number of carbonyl (C=O) groups excluding carboxylic acids is 1. The minimum Gasteiger partial charge on any atom is -0.493 e. The maximum atomic E-state index is 10.2. The van der Waals surface area contributed by atoms with Gasteiger partial charge in [-0.1, -0.05) is 25.0 Å². The third kappa shape index (κ3) is 7.67. The molecule has 0 aromatic heterocycles. The molecule has 154 valence electrons. The molecule has 1 aromatic carbocycles. The molecule has 0 spiro atoms. The second kappa shape index (κ2) is 12.4. The van der Waals surface area contributed by atoms with Gasteiger partial charge in [0, 0.05) is 20.1 Å². The van der Waals surface area contributed by atoms with E-state index >= 15 is 0 Å². The number of benzene rings is 1. The summed E-state index contributed by atoms with van der Waals surface area (Å²) in [5, 5.41) is 0. The number of hydrogen-bond donors (Lipinski definition) is 0. The molecule has 0 N–H and O–H groups in total. The van der Waals surface area contributed by atoms with Crippen molar-refractivity contribution in [2.75, 3.05) is 49.0 Å². The van der Waals surface area contributed by atoms with Crippen LogP contribution in [0.25, 0.3) is 0 Å². The molecule has 3 rings (SSSR count). The summed E-state index contributed by atoms with van der Waals surface area (Å²) in [6.45, 7) is 1.36. The highest BCUT2D eigenvalue weighted by Crippen LogP contribution is 2.34. The molecule has 1 saturated heterocycles. The average Bonchev–Trinajstić information content (AvgIpc) is 3.09.